The Bertz CT molecular complexity index is 1110. The smallest absolute Gasteiger partial charge is 0.259 e. The van der Waals surface area contributed by atoms with E-state index < -0.39 is 12.2 Å². The van der Waals surface area contributed by atoms with Crippen LogP contribution in [0, 0.1) is 0 Å². The minimum absolute atomic E-state index is 0.198. The fourth-order valence-corrected chi connectivity index (χ4v) is 4.63. The summed E-state index contributed by atoms with van der Waals surface area (Å²) in [6, 6.07) is 5.23. The van der Waals surface area contributed by atoms with Gasteiger partial charge in [0.2, 0.25) is 5.88 Å². The second-order valence-electron chi connectivity index (χ2n) is 8.06. The lowest BCUT2D eigenvalue weighted by molar-refractivity contribution is -0.122. The number of amides is 1. The van der Waals surface area contributed by atoms with Crippen molar-refractivity contribution in [2.24, 2.45) is 4.99 Å². The van der Waals surface area contributed by atoms with Crippen LogP contribution in [0.15, 0.2) is 46.6 Å². The van der Waals surface area contributed by atoms with E-state index in [1.807, 2.05) is 24.3 Å². The summed E-state index contributed by atoms with van der Waals surface area (Å²) < 4.78 is 11.5. The van der Waals surface area contributed by atoms with Crippen LogP contribution < -0.4 is 10.1 Å². The topological polar surface area (TPSA) is 126 Å². The number of aliphatic hydroxyl groups excluding tert-OH is 2. The molecule has 3 N–H and O–H groups in total. The Morgan fingerprint density at radius 3 is 3.03 bits per heavy atom. The average molecular weight is 485 g/mol. The fraction of sp³-hybridized carbons (Fsp3) is 0.417. The first-order chi connectivity index (χ1) is 16.6. The molecular formula is C24H28N4O5S. The quantitative estimate of drug-likeness (QED) is 0.520. The average Bonchev–Trinajstić information content (AvgIpc) is 2.88. The van der Waals surface area contributed by atoms with E-state index in [1.54, 1.807) is 31.8 Å². The highest BCUT2D eigenvalue weighted by atomic mass is 32.2. The molecule has 0 unspecified atom stereocenters. The van der Waals surface area contributed by atoms with Gasteiger partial charge < -0.3 is 25.0 Å². The second kappa shape index (κ2) is 11.6. The van der Waals surface area contributed by atoms with E-state index in [0.717, 1.165) is 16.6 Å². The van der Waals surface area contributed by atoms with Crippen molar-refractivity contribution in [3.63, 3.8) is 0 Å². The summed E-state index contributed by atoms with van der Waals surface area (Å²) >= 11 is 1.43. The van der Waals surface area contributed by atoms with Crippen molar-refractivity contribution in [3.05, 3.63) is 47.1 Å². The number of carbonyl (C=O) groups is 1. The van der Waals surface area contributed by atoms with E-state index in [2.05, 4.69) is 20.3 Å². The van der Waals surface area contributed by atoms with Crippen molar-refractivity contribution >= 4 is 41.0 Å². The molecule has 1 saturated heterocycles. The van der Waals surface area contributed by atoms with E-state index in [9.17, 15) is 15.0 Å². The number of aliphatic imine (C=N–C) groups is 1. The summed E-state index contributed by atoms with van der Waals surface area (Å²) in [6.07, 6.45) is 8.93. The lowest BCUT2D eigenvalue weighted by Gasteiger charge is -2.37. The van der Waals surface area contributed by atoms with Gasteiger partial charge in [0.15, 0.2) is 0 Å². The maximum Gasteiger partial charge on any atom is 0.259 e. The number of nitrogens with one attached hydrogen (secondary N) is 1. The van der Waals surface area contributed by atoms with Crippen molar-refractivity contribution in [1.29, 1.82) is 0 Å². The van der Waals surface area contributed by atoms with Crippen LogP contribution in [0.1, 0.15) is 24.8 Å². The van der Waals surface area contributed by atoms with Crippen LogP contribution in [0.25, 0.3) is 17.1 Å². The van der Waals surface area contributed by atoms with Gasteiger partial charge in [-0.05, 0) is 25.0 Å². The Hall–Kier alpha value is -2.79. The van der Waals surface area contributed by atoms with Crippen LogP contribution in [-0.2, 0) is 9.53 Å². The summed E-state index contributed by atoms with van der Waals surface area (Å²) in [5.74, 6) is 0.971. The molecule has 0 bridgehead atoms. The number of aromatic nitrogens is 2. The number of pyridine rings is 2. The number of methoxy groups -OCH3 is 1. The van der Waals surface area contributed by atoms with Crippen LogP contribution in [0.5, 0.6) is 5.88 Å². The molecule has 2 aromatic rings. The van der Waals surface area contributed by atoms with E-state index in [1.165, 1.54) is 11.8 Å². The third-order valence-corrected chi connectivity index (χ3v) is 6.63. The number of carbonyl (C=O) groups excluding carboxylic acids is 1. The van der Waals surface area contributed by atoms with Gasteiger partial charge in [0, 0.05) is 42.4 Å². The number of aliphatic hydroxyl groups is 2. The zero-order chi connectivity index (χ0) is 23.9. The van der Waals surface area contributed by atoms with Crippen molar-refractivity contribution < 1.29 is 24.5 Å². The summed E-state index contributed by atoms with van der Waals surface area (Å²) in [4.78, 5) is 26.1. The van der Waals surface area contributed by atoms with Crippen LogP contribution >= 0.6 is 11.8 Å². The first kappa shape index (κ1) is 24.3. The monoisotopic (exact) mass is 484 g/mol. The minimum Gasteiger partial charge on any atom is -0.481 e. The summed E-state index contributed by atoms with van der Waals surface area (Å²) in [6.45, 7) is -0.368. The largest absolute Gasteiger partial charge is 0.481 e. The number of hydrogen-bond acceptors (Lipinski definition) is 9. The van der Waals surface area contributed by atoms with Gasteiger partial charge >= 0.3 is 0 Å². The van der Waals surface area contributed by atoms with Crippen LogP contribution in [0.2, 0.25) is 0 Å². The van der Waals surface area contributed by atoms with Crippen LogP contribution in [0.4, 0.5) is 0 Å². The standard InChI is InChI=1S/C24H28N4O5S/c1-32-22-7-6-19-23(28-22)15(8-9-26-19)2-3-17-4-5-18(20(33-17)12-16(30)14-29)27-24(31)21-13-25-10-11-34-21/h2-3,6-10,13,16-18,20,29-30H,4-5,11-12,14H2,1H3,(H,27,31)/t16-,17+,18+,20+/m0/s1. The molecule has 4 rings (SSSR count). The Kier molecular flexibility index (Phi) is 8.28. The molecule has 9 nitrogen and oxygen atoms in total. The van der Waals surface area contributed by atoms with Crippen LogP contribution in [0.3, 0.4) is 0 Å². The lowest BCUT2D eigenvalue weighted by Crippen LogP contribution is -2.50. The third kappa shape index (κ3) is 6.01. The molecule has 0 aliphatic carbocycles. The Balaban J connectivity index is 1.47. The fourth-order valence-electron chi connectivity index (χ4n) is 3.96. The van der Waals surface area contributed by atoms with Crippen molar-refractivity contribution in [2.45, 2.75) is 43.6 Å². The third-order valence-electron chi connectivity index (χ3n) is 5.72. The first-order valence-corrected chi connectivity index (χ1v) is 12.1. The number of nitrogens with zero attached hydrogens (tertiary/aromatic N) is 3. The zero-order valence-corrected chi connectivity index (χ0v) is 19.6. The molecule has 0 saturated carbocycles. The SMILES string of the molecule is COc1ccc2nccc(C=C[C@@H]3CC[C@@H](NC(=O)C4=CN=CCS4)[C@@H](C[C@H](O)CO)O3)c2n1. The van der Waals surface area contributed by atoms with E-state index in [4.69, 9.17) is 9.47 Å². The van der Waals surface area contributed by atoms with E-state index >= 15 is 0 Å². The molecule has 2 aromatic heterocycles. The van der Waals surface area contributed by atoms with Gasteiger partial charge in [0.1, 0.15) is 0 Å². The molecule has 1 amide bonds. The predicted octanol–water partition coefficient (Wildman–Crippen LogP) is 2.09. The molecule has 2 aliphatic rings. The molecule has 1 fully saturated rings. The normalized spacial score (nSPS) is 23.6. The molecular weight excluding hydrogens is 456 g/mol. The highest BCUT2D eigenvalue weighted by molar-refractivity contribution is 8.04. The predicted molar refractivity (Wildman–Crippen MR) is 132 cm³/mol. The van der Waals surface area contributed by atoms with Gasteiger partial charge in [-0.3, -0.25) is 14.8 Å². The van der Waals surface area contributed by atoms with Gasteiger partial charge in [-0.25, -0.2) is 4.98 Å². The van der Waals surface area contributed by atoms with Crippen LogP contribution in [-0.4, -0.2) is 76.1 Å². The molecule has 4 heterocycles. The Labute approximate surface area is 202 Å². The zero-order valence-electron chi connectivity index (χ0n) is 18.8. The molecule has 0 radical (unpaired) electrons. The Morgan fingerprint density at radius 2 is 2.26 bits per heavy atom. The number of thioether (sulfide) groups is 1. The maximum atomic E-state index is 12.7. The summed E-state index contributed by atoms with van der Waals surface area (Å²) in [7, 11) is 1.57. The van der Waals surface area contributed by atoms with Crippen molar-refractivity contribution in [2.75, 3.05) is 19.5 Å². The van der Waals surface area contributed by atoms with Crippen molar-refractivity contribution in [3.8, 4) is 5.88 Å². The molecule has 34 heavy (non-hydrogen) atoms. The molecule has 0 aromatic carbocycles. The number of rotatable bonds is 8. The van der Waals surface area contributed by atoms with Gasteiger partial charge in [-0.2, -0.15) is 0 Å². The number of hydrogen-bond donors (Lipinski definition) is 3. The first-order valence-electron chi connectivity index (χ1n) is 11.1. The minimum atomic E-state index is -0.930. The van der Waals surface area contributed by atoms with Gasteiger partial charge in [0.25, 0.3) is 5.91 Å². The number of ether oxygens (including phenoxy) is 2. The van der Waals surface area contributed by atoms with Gasteiger partial charge in [-0.1, -0.05) is 12.2 Å². The number of fused-ring (bicyclic) bond motifs is 1. The molecule has 4 atom stereocenters. The second-order valence-corrected chi connectivity index (χ2v) is 9.12. The maximum absolute atomic E-state index is 12.7. The van der Waals surface area contributed by atoms with Gasteiger partial charge in [-0.15, -0.1) is 11.8 Å². The highest BCUT2D eigenvalue weighted by Gasteiger charge is 2.33. The molecule has 10 heteroatoms. The highest BCUT2D eigenvalue weighted by Crippen LogP contribution is 2.27. The molecule has 0 spiro atoms. The lowest BCUT2D eigenvalue weighted by atomic mass is 9.94. The van der Waals surface area contributed by atoms with E-state index in [-0.39, 0.29) is 31.1 Å². The molecule has 2 aliphatic heterocycles. The van der Waals surface area contributed by atoms with Crippen molar-refractivity contribution in [1.82, 2.24) is 15.3 Å². The summed E-state index contributed by atoms with van der Waals surface area (Å²) in [5, 5.41) is 22.4. The van der Waals surface area contributed by atoms with E-state index in [0.29, 0.717) is 29.4 Å². The molecule has 180 valence electrons. The van der Waals surface area contributed by atoms with Gasteiger partial charge in [0.05, 0.1) is 54.0 Å². The Morgan fingerprint density at radius 1 is 1.38 bits per heavy atom. The summed E-state index contributed by atoms with van der Waals surface area (Å²) in [5.41, 5.74) is 2.38.